The zero-order valence-corrected chi connectivity index (χ0v) is 15.1. The Balaban J connectivity index is 1.99. The molecule has 0 fully saturated rings. The van der Waals surface area contributed by atoms with E-state index >= 15 is 0 Å². The van der Waals surface area contributed by atoms with Crippen molar-refractivity contribution in [2.75, 3.05) is 0 Å². The maximum absolute atomic E-state index is 11.9. The van der Waals surface area contributed by atoms with E-state index < -0.39 is 6.23 Å². The van der Waals surface area contributed by atoms with Crippen LogP contribution in [0.4, 0.5) is 0 Å². The van der Waals surface area contributed by atoms with Crippen LogP contribution in [0.1, 0.15) is 24.3 Å². The smallest absolute Gasteiger partial charge is 0.243 e. The van der Waals surface area contributed by atoms with E-state index in [4.69, 9.17) is 27.9 Å². The quantitative estimate of drug-likeness (QED) is 0.695. The lowest BCUT2D eigenvalue weighted by Gasteiger charge is -2.19. The van der Waals surface area contributed by atoms with Crippen LogP contribution < -0.4 is 0 Å². The maximum Gasteiger partial charge on any atom is 0.243 e. The van der Waals surface area contributed by atoms with E-state index in [2.05, 4.69) is 21.0 Å². The number of amides is 1. The Morgan fingerprint density at radius 1 is 1.26 bits per heavy atom. The highest BCUT2D eigenvalue weighted by atomic mass is 79.9. The van der Waals surface area contributed by atoms with Gasteiger partial charge in [-0.05, 0) is 30.3 Å². The van der Waals surface area contributed by atoms with E-state index in [0.717, 1.165) is 10.0 Å². The number of benzene rings is 2. The molecule has 2 aromatic rings. The molecule has 23 heavy (non-hydrogen) atoms. The van der Waals surface area contributed by atoms with Crippen LogP contribution in [-0.4, -0.2) is 16.8 Å². The molecule has 0 radical (unpaired) electrons. The van der Waals surface area contributed by atoms with E-state index in [1.165, 1.54) is 11.9 Å². The molecule has 0 spiro atoms. The molecule has 1 amide bonds. The highest BCUT2D eigenvalue weighted by molar-refractivity contribution is 9.10. The summed E-state index contributed by atoms with van der Waals surface area (Å²) in [6.45, 7) is 1.43. The normalized spacial score (nSPS) is 17.0. The molecule has 0 bridgehead atoms. The van der Waals surface area contributed by atoms with Crippen LogP contribution in [0.15, 0.2) is 52.0 Å². The molecule has 1 aliphatic rings. The predicted molar refractivity (Wildman–Crippen MR) is 93.5 cm³/mol. The van der Waals surface area contributed by atoms with Crippen molar-refractivity contribution in [1.29, 1.82) is 0 Å². The summed E-state index contributed by atoms with van der Waals surface area (Å²) in [5, 5.41) is 6.49. The second-order valence-corrected chi connectivity index (χ2v) is 6.68. The Kier molecular flexibility index (Phi) is 4.62. The Bertz CT molecular complexity index is 810. The van der Waals surface area contributed by atoms with Gasteiger partial charge in [0.05, 0.1) is 10.6 Å². The second-order valence-electron chi connectivity index (χ2n) is 4.92. The lowest BCUT2D eigenvalue weighted by atomic mass is 10.2. The largest absolute Gasteiger partial charge is 0.446 e. The summed E-state index contributed by atoms with van der Waals surface area (Å²) in [6.07, 6.45) is -0.633. The van der Waals surface area contributed by atoms with Gasteiger partial charge in [-0.15, -0.1) is 5.10 Å². The first-order chi connectivity index (χ1) is 11.0. The maximum atomic E-state index is 11.9. The Morgan fingerprint density at radius 3 is 2.70 bits per heavy atom. The first kappa shape index (κ1) is 16.3. The van der Waals surface area contributed by atoms with Gasteiger partial charge < -0.3 is 4.74 Å². The monoisotopic (exact) mass is 412 g/mol. The fraction of sp³-hybridized carbons (Fsp3) is 0.125. The molecule has 1 aliphatic heterocycles. The third kappa shape index (κ3) is 3.37. The molecular weight excluding hydrogens is 403 g/mol. The highest BCUT2D eigenvalue weighted by Gasteiger charge is 2.33. The van der Waals surface area contributed by atoms with Gasteiger partial charge in [0.25, 0.3) is 0 Å². The minimum Gasteiger partial charge on any atom is -0.446 e. The molecule has 3 rings (SSSR count). The summed E-state index contributed by atoms with van der Waals surface area (Å²) in [7, 11) is 0. The summed E-state index contributed by atoms with van der Waals surface area (Å²) in [5.74, 6) is 0.0573. The molecule has 0 unspecified atom stereocenters. The summed E-state index contributed by atoms with van der Waals surface area (Å²) >= 11 is 15.5. The molecular formula is C16H11BrCl2N2O2. The molecule has 0 aliphatic carbocycles. The second kappa shape index (κ2) is 6.51. The molecule has 0 saturated carbocycles. The molecule has 1 atom stereocenters. The van der Waals surface area contributed by atoms with Crippen molar-refractivity contribution in [3.05, 3.63) is 68.1 Å². The Hall–Kier alpha value is -1.56. The zero-order chi connectivity index (χ0) is 16.6. The molecule has 0 saturated heterocycles. The first-order valence-electron chi connectivity index (χ1n) is 6.71. The van der Waals surface area contributed by atoms with Crippen LogP contribution in [0.3, 0.4) is 0 Å². The van der Waals surface area contributed by atoms with Crippen molar-refractivity contribution < 1.29 is 9.53 Å². The summed E-state index contributed by atoms with van der Waals surface area (Å²) < 4.78 is 6.78. The van der Waals surface area contributed by atoms with Crippen molar-refractivity contribution in [1.82, 2.24) is 5.01 Å². The van der Waals surface area contributed by atoms with Gasteiger partial charge in [0.1, 0.15) is 0 Å². The number of halogens is 3. The molecule has 1 heterocycles. The standard InChI is InChI=1S/C16H11BrCl2N2O2/c1-9(22)21-16(10-3-2-4-11(17)7-10)23-15(20-21)13-6-5-12(18)8-14(13)19/h2-8,16H,1H3/t16-/m1/s1. The van der Waals surface area contributed by atoms with E-state index in [9.17, 15) is 4.79 Å². The Labute approximate surface area is 151 Å². The van der Waals surface area contributed by atoms with Crippen LogP contribution in [0.5, 0.6) is 0 Å². The van der Waals surface area contributed by atoms with E-state index in [0.29, 0.717) is 15.6 Å². The number of hydrogen-bond acceptors (Lipinski definition) is 3. The number of ether oxygens (including phenoxy) is 1. The van der Waals surface area contributed by atoms with Crippen LogP contribution >= 0.6 is 39.1 Å². The fourth-order valence-corrected chi connectivity index (χ4v) is 3.12. The molecule has 4 nitrogen and oxygen atoms in total. The van der Waals surface area contributed by atoms with Gasteiger partial charge in [-0.1, -0.05) is 51.3 Å². The van der Waals surface area contributed by atoms with Crippen molar-refractivity contribution in [3.8, 4) is 0 Å². The minimum atomic E-state index is -0.633. The molecule has 0 aromatic heterocycles. The van der Waals surface area contributed by atoms with Gasteiger partial charge in [-0.25, -0.2) is 0 Å². The minimum absolute atomic E-state index is 0.227. The lowest BCUT2D eigenvalue weighted by Crippen LogP contribution is -2.25. The number of carbonyl (C=O) groups excluding carboxylic acids is 1. The van der Waals surface area contributed by atoms with Crippen molar-refractivity contribution in [3.63, 3.8) is 0 Å². The Morgan fingerprint density at radius 2 is 2.04 bits per heavy atom. The summed E-state index contributed by atoms with van der Waals surface area (Å²) in [5.41, 5.74) is 1.39. The molecule has 0 N–H and O–H groups in total. The first-order valence-corrected chi connectivity index (χ1v) is 8.26. The number of hydrazone groups is 1. The predicted octanol–water partition coefficient (Wildman–Crippen LogP) is 5.00. The van der Waals surface area contributed by atoms with Crippen molar-refractivity contribution in [2.45, 2.75) is 13.2 Å². The van der Waals surface area contributed by atoms with E-state index in [1.807, 2.05) is 24.3 Å². The molecule has 7 heteroatoms. The highest BCUT2D eigenvalue weighted by Crippen LogP contribution is 2.33. The van der Waals surface area contributed by atoms with E-state index in [-0.39, 0.29) is 11.8 Å². The number of carbonyl (C=O) groups is 1. The van der Waals surface area contributed by atoms with Gasteiger partial charge in [-0.2, -0.15) is 5.01 Å². The third-order valence-electron chi connectivity index (χ3n) is 3.26. The van der Waals surface area contributed by atoms with Crippen molar-refractivity contribution in [2.24, 2.45) is 5.10 Å². The average Bonchev–Trinajstić information content (AvgIpc) is 2.92. The number of nitrogens with zero attached hydrogens (tertiary/aromatic N) is 2. The molecule has 118 valence electrons. The van der Waals surface area contributed by atoms with Gasteiger partial charge in [0, 0.05) is 22.0 Å². The van der Waals surface area contributed by atoms with Crippen LogP contribution in [-0.2, 0) is 9.53 Å². The average molecular weight is 414 g/mol. The van der Waals surface area contributed by atoms with Crippen LogP contribution in [0.25, 0.3) is 0 Å². The zero-order valence-electron chi connectivity index (χ0n) is 12.0. The number of rotatable bonds is 2. The summed E-state index contributed by atoms with van der Waals surface area (Å²) in [4.78, 5) is 11.9. The van der Waals surface area contributed by atoms with Crippen molar-refractivity contribution >= 4 is 50.9 Å². The van der Waals surface area contributed by atoms with E-state index in [1.54, 1.807) is 18.2 Å². The topological polar surface area (TPSA) is 41.9 Å². The van der Waals surface area contributed by atoms with Gasteiger partial charge in [0.15, 0.2) is 0 Å². The summed E-state index contributed by atoms with van der Waals surface area (Å²) in [6, 6.07) is 12.5. The van der Waals surface area contributed by atoms with Crippen LogP contribution in [0, 0.1) is 0 Å². The van der Waals surface area contributed by atoms with Crippen LogP contribution in [0.2, 0.25) is 10.0 Å². The fourth-order valence-electron chi connectivity index (χ4n) is 2.21. The number of hydrogen-bond donors (Lipinski definition) is 0. The van der Waals surface area contributed by atoms with Gasteiger partial charge in [-0.3, -0.25) is 4.79 Å². The lowest BCUT2D eigenvalue weighted by molar-refractivity contribution is -0.135. The third-order valence-corrected chi connectivity index (χ3v) is 4.30. The van der Waals surface area contributed by atoms with Gasteiger partial charge >= 0.3 is 0 Å². The SMILES string of the molecule is CC(=O)N1N=C(c2ccc(Cl)cc2Cl)O[C@@H]1c1cccc(Br)c1. The van der Waals surface area contributed by atoms with Gasteiger partial charge in [0.2, 0.25) is 18.0 Å². The molecule has 2 aromatic carbocycles.